The molecule has 7 heteroatoms. The first kappa shape index (κ1) is 13.7. The highest BCUT2D eigenvalue weighted by atomic mass is 16.2. The lowest BCUT2D eigenvalue weighted by Gasteiger charge is -2.10. The molecule has 0 radical (unpaired) electrons. The van der Waals surface area contributed by atoms with Crippen molar-refractivity contribution in [2.45, 2.75) is 13.0 Å². The summed E-state index contributed by atoms with van der Waals surface area (Å²) in [5.74, 6) is 5.49. The molecule has 1 amide bonds. The molecule has 1 unspecified atom stereocenters. The lowest BCUT2D eigenvalue weighted by atomic mass is 10.2. The molecule has 3 N–H and O–H groups in total. The molecule has 1 atom stereocenters. The number of H-pyrrole nitrogens is 1. The zero-order valence-electron chi connectivity index (χ0n) is 10.8. The van der Waals surface area contributed by atoms with Crippen LogP contribution in [0.5, 0.6) is 0 Å². The van der Waals surface area contributed by atoms with E-state index in [4.69, 9.17) is 5.11 Å². The number of amides is 1. The summed E-state index contributed by atoms with van der Waals surface area (Å²) >= 11 is 0. The summed E-state index contributed by atoms with van der Waals surface area (Å²) in [4.78, 5) is 20.0. The van der Waals surface area contributed by atoms with Crippen molar-refractivity contribution < 1.29 is 9.90 Å². The van der Waals surface area contributed by atoms with Gasteiger partial charge in [0.25, 0.3) is 5.91 Å². The van der Waals surface area contributed by atoms with Crippen molar-refractivity contribution in [3.05, 3.63) is 41.7 Å². The second-order valence-electron chi connectivity index (χ2n) is 3.99. The number of nitrogens with zero attached hydrogens (tertiary/aromatic N) is 3. The van der Waals surface area contributed by atoms with Gasteiger partial charge in [0.15, 0.2) is 0 Å². The second-order valence-corrected chi connectivity index (χ2v) is 3.99. The summed E-state index contributed by atoms with van der Waals surface area (Å²) in [5.41, 5.74) is 0.958. The van der Waals surface area contributed by atoms with Gasteiger partial charge in [-0.05, 0) is 13.0 Å². The standard InChI is InChI=1S/C13H13N5O2/c1-9(12-15-8-16-18-12)17-13(20)11-5-10(3-2-4-19)6-14-7-11/h5-9,19H,4H2,1H3,(H,17,20)(H,15,16,18). The Morgan fingerprint density at radius 2 is 2.40 bits per heavy atom. The van der Waals surface area contributed by atoms with Crippen LogP contribution in [0.1, 0.15) is 34.7 Å². The van der Waals surface area contributed by atoms with Gasteiger partial charge in [0, 0.05) is 18.0 Å². The Morgan fingerprint density at radius 1 is 1.55 bits per heavy atom. The molecule has 0 aromatic carbocycles. The maximum atomic E-state index is 12.1. The fraction of sp³-hybridized carbons (Fsp3) is 0.231. The molecule has 102 valence electrons. The number of aromatic nitrogens is 4. The van der Waals surface area contributed by atoms with Gasteiger partial charge in [0.1, 0.15) is 18.8 Å². The number of nitrogens with one attached hydrogen (secondary N) is 2. The molecule has 0 spiro atoms. The molecule has 2 heterocycles. The number of hydrogen-bond acceptors (Lipinski definition) is 5. The minimum atomic E-state index is -0.294. The first-order valence-corrected chi connectivity index (χ1v) is 5.91. The predicted octanol–water partition coefficient (Wildman–Crippen LogP) is 0.0345. The predicted molar refractivity (Wildman–Crippen MR) is 70.5 cm³/mol. The molecule has 2 aromatic heterocycles. The molecule has 2 aromatic rings. The average molecular weight is 271 g/mol. The summed E-state index contributed by atoms with van der Waals surface area (Å²) < 4.78 is 0. The zero-order chi connectivity index (χ0) is 14.4. The van der Waals surface area contributed by atoms with Gasteiger partial charge >= 0.3 is 0 Å². The Bertz CT molecular complexity index is 642. The van der Waals surface area contributed by atoms with Crippen LogP contribution in [0.15, 0.2) is 24.8 Å². The van der Waals surface area contributed by atoms with Gasteiger partial charge < -0.3 is 10.4 Å². The first-order chi connectivity index (χ1) is 9.70. The molecule has 0 aliphatic rings. The van der Waals surface area contributed by atoms with Gasteiger partial charge in [0.2, 0.25) is 0 Å². The number of hydrogen-bond donors (Lipinski definition) is 3. The normalized spacial score (nSPS) is 11.3. The maximum Gasteiger partial charge on any atom is 0.253 e. The number of carbonyl (C=O) groups excluding carboxylic acids is 1. The van der Waals surface area contributed by atoms with Gasteiger partial charge in [-0.1, -0.05) is 11.8 Å². The monoisotopic (exact) mass is 271 g/mol. The van der Waals surface area contributed by atoms with Gasteiger partial charge in [-0.3, -0.25) is 14.9 Å². The van der Waals surface area contributed by atoms with Gasteiger partial charge in [-0.2, -0.15) is 5.10 Å². The van der Waals surface area contributed by atoms with E-state index in [0.29, 0.717) is 17.0 Å². The molecular formula is C13H13N5O2. The molecule has 0 saturated heterocycles. The highest BCUT2D eigenvalue weighted by molar-refractivity contribution is 5.94. The highest BCUT2D eigenvalue weighted by Gasteiger charge is 2.13. The van der Waals surface area contributed by atoms with E-state index in [1.807, 2.05) is 0 Å². The molecule has 20 heavy (non-hydrogen) atoms. The molecule has 7 nitrogen and oxygen atoms in total. The SMILES string of the molecule is CC(NC(=O)c1cncc(C#CCO)c1)c1ncn[nH]1. The summed E-state index contributed by atoms with van der Waals surface area (Å²) in [5, 5.41) is 17.8. The van der Waals surface area contributed by atoms with E-state index in [0.717, 1.165) is 0 Å². The maximum absolute atomic E-state index is 12.1. The molecule has 0 fully saturated rings. The van der Waals surface area contributed by atoms with Crippen molar-refractivity contribution in [3.63, 3.8) is 0 Å². The Labute approximate surface area is 115 Å². The van der Waals surface area contributed by atoms with Crippen molar-refractivity contribution in [3.8, 4) is 11.8 Å². The number of aromatic amines is 1. The van der Waals surface area contributed by atoms with Crippen LogP contribution >= 0.6 is 0 Å². The second kappa shape index (κ2) is 6.45. The number of pyridine rings is 1. The fourth-order valence-electron chi connectivity index (χ4n) is 1.55. The summed E-state index contributed by atoms with van der Waals surface area (Å²) in [6.07, 6.45) is 4.36. The molecule has 0 saturated carbocycles. The van der Waals surface area contributed by atoms with E-state index in [1.54, 1.807) is 13.0 Å². The largest absolute Gasteiger partial charge is 0.384 e. The number of rotatable bonds is 3. The molecular weight excluding hydrogens is 258 g/mol. The zero-order valence-corrected chi connectivity index (χ0v) is 10.8. The van der Waals surface area contributed by atoms with Crippen LogP contribution in [0.25, 0.3) is 0 Å². The van der Waals surface area contributed by atoms with Crippen LogP contribution in [0, 0.1) is 11.8 Å². The van der Waals surface area contributed by atoms with Gasteiger partial charge in [0.05, 0.1) is 11.6 Å². The third-order valence-corrected chi connectivity index (χ3v) is 2.50. The Balaban J connectivity index is 2.09. The van der Waals surface area contributed by atoms with Crippen LogP contribution in [-0.2, 0) is 0 Å². The van der Waals surface area contributed by atoms with Crippen LogP contribution in [0.3, 0.4) is 0 Å². The minimum Gasteiger partial charge on any atom is -0.384 e. The average Bonchev–Trinajstić information content (AvgIpc) is 2.99. The summed E-state index contributed by atoms with van der Waals surface area (Å²) in [6.45, 7) is 1.56. The Kier molecular flexibility index (Phi) is 4.42. The molecule has 0 aliphatic carbocycles. The fourth-order valence-corrected chi connectivity index (χ4v) is 1.55. The Hall–Kier alpha value is -2.72. The highest BCUT2D eigenvalue weighted by Crippen LogP contribution is 2.07. The van der Waals surface area contributed by atoms with E-state index in [2.05, 4.69) is 37.3 Å². The van der Waals surface area contributed by atoms with E-state index in [1.165, 1.54) is 18.7 Å². The van der Waals surface area contributed by atoms with E-state index in [-0.39, 0.29) is 18.6 Å². The molecule has 0 aliphatic heterocycles. The first-order valence-electron chi connectivity index (χ1n) is 5.91. The van der Waals surface area contributed by atoms with Gasteiger partial charge in [-0.25, -0.2) is 4.98 Å². The minimum absolute atomic E-state index is 0.237. The van der Waals surface area contributed by atoms with Crippen LogP contribution in [0.4, 0.5) is 0 Å². The summed E-state index contributed by atoms with van der Waals surface area (Å²) in [6, 6.07) is 1.31. The van der Waals surface area contributed by atoms with Crippen molar-refractivity contribution >= 4 is 5.91 Å². The lowest BCUT2D eigenvalue weighted by molar-refractivity contribution is 0.0938. The van der Waals surface area contributed by atoms with E-state index >= 15 is 0 Å². The lowest BCUT2D eigenvalue weighted by Crippen LogP contribution is -2.27. The van der Waals surface area contributed by atoms with Crippen LogP contribution in [0.2, 0.25) is 0 Å². The number of carbonyl (C=O) groups is 1. The van der Waals surface area contributed by atoms with Crippen molar-refractivity contribution in [1.29, 1.82) is 0 Å². The van der Waals surface area contributed by atoms with Crippen LogP contribution in [-0.4, -0.2) is 37.8 Å². The van der Waals surface area contributed by atoms with Crippen molar-refractivity contribution in [1.82, 2.24) is 25.5 Å². The summed E-state index contributed by atoms with van der Waals surface area (Å²) in [7, 11) is 0. The Morgan fingerprint density at radius 3 is 3.10 bits per heavy atom. The third kappa shape index (κ3) is 3.40. The smallest absolute Gasteiger partial charge is 0.253 e. The third-order valence-electron chi connectivity index (χ3n) is 2.50. The number of aliphatic hydroxyl groups is 1. The van der Waals surface area contributed by atoms with Crippen LogP contribution < -0.4 is 5.32 Å². The number of aliphatic hydroxyl groups excluding tert-OH is 1. The van der Waals surface area contributed by atoms with E-state index < -0.39 is 0 Å². The topological polar surface area (TPSA) is 104 Å². The van der Waals surface area contributed by atoms with Crippen molar-refractivity contribution in [2.24, 2.45) is 0 Å². The molecule has 0 bridgehead atoms. The van der Waals surface area contributed by atoms with Gasteiger partial charge in [-0.15, -0.1) is 0 Å². The van der Waals surface area contributed by atoms with E-state index in [9.17, 15) is 4.79 Å². The van der Waals surface area contributed by atoms with Crippen molar-refractivity contribution in [2.75, 3.05) is 6.61 Å². The quantitative estimate of drug-likeness (QED) is 0.683. The molecule has 2 rings (SSSR count).